The third-order valence-electron chi connectivity index (χ3n) is 18.3. The lowest BCUT2D eigenvalue weighted by Gasteiger charge is -2.10. The van der Waals surface area contributed by atoms with E-state index in [0.717, 1.165) is 88.9 Å². The molecule has 0 aliphatic heterocycles. The number of rotatable bonds is 8. The van der Waals surface area contributed by atoms with Gasteiger partial charge in [-0.25, -0.2) is 29.9 Å². The Morgan fingerprint density at radius 2 is 0.573 bits per heavy atom. The number of nitrogens with zero attached hydrogens (tertiary/aromatic N) is 11. The molecule has 0 saturated heterocycles. The van der Waals surface area contributed by atoms with Crippen LogP contribution in [0.25, 0.3) is 145 Å². The van der Waals surface area contributed by atoms with Crippen molar-refractivity contribution in [3.8, 4) is 90.5 Å². The fourth-order valence-corrected chi connectivity index (χ4v) is 12.7. The standard InChI is InChI=1S/C28H21N3.C22H17N3.C14H11N.C13H10N2.C12H11N.C10H9N/c1-20-10-8-16-24(18-20)27-29-26(22-13-6-3-7-14-22)30-28(31-27)25-17-9-15-23(19-25)21-11-4-2-5-12-21;1-16-23-21(18-11-6-3-7-12-18)25-22(24-16)20-14-8-13-19(15-20)17-9-4-2-5-10-17;1-10-6-7-12-9-8-11-4-2-3-5-13(11)14(12)15-10;1-9-4-5-11-7-6-10-3-2-8-14-12(10)13(11)15-9;1-10-5-7-11(8-6-10)12-4-2-3-9-13-12;1-8-4-2-5-9-6-3-7-11-10(8)9/h2-19H,1H3;2-15H,1H3;2-9H,1H3;2-8H,1H3;2-9H,1H3;2-7H,1H3. The minimum absolute atomic E-state index is 0.670. The van der Waals surface area contributed by atoms with Crippen LogP contribution in [0, 0.1) is 41.5 Å². The van der Waals surface area contributed by atoms with E-state index in [9.17, 15) is 0 Å². The van der Waals surface area contributed by atoms with E-state index >= 15 is 0 Å². The number of benzene rings is 12. The highest BCUT2D eigenvalue weighted by Gasteiger charge is 2.15. The second-order valence-electron chi connectivity index (χ2n) is 26.5. The Labute approximate surface area is 641 Å². The molecule has 7 heterocycles. The molecule has 7 aromatic heterocycles. The maximum atomic E-state index is 4.85. The average Bonchev–Trinajstić information content (AvgIpc) is 0.784. The van der Waals surface area contributed by atoms with E-state index in [2.05, 4.69) is 255 Å². The molecular weight excluding hydrogens is 1340 g/mol. The zero-order chi connectivity index (χ0) is 75.4. The number of aryl methyl sites for hydroxylation is 6. The summed E-state index contributed by atoms with van der Waals surface area (Å²) in [5.41, 5.74) is 21.7. The highest BCUT2D eigenvalue weighted by atomic mass is 15.0. The Morgan fingerprint density at radius 3 is 1.12 bits per heavy atom. The molecule has 0 amide bonds. The monoisotopic (exact) mass is 1420 g/mol. The normalized spacial score (nSPS) is 10.6. The van der Waals surface area contributed by atoms with Gasteiger partial charge in [-0.2, -0.15) is 0 Å². The van der Waals surface area contributed by atoms with Crippen LogP contribution in [0.2, 0.25) is 0 Å². The maximum absolute atomic E-state index is 4.85. The molecule has 530 valence electrons. The molecule has 0 spiro atoms. The van der Waals surface area contributed by atoms with Crippen molar-refractivity contribution in [2.75, 3.05) is 0 Å². The first-order valence-electron chi connectivity index (χ1n) is 36.6. The molecule has 0 saturated carbocycles. The van der Waals surface area contributed by atoms with E-state index in [-0.39, 0.29) is 0 Å². The van der Waals surface area contributed by atoms with Crippen molar-refractivity contribution in [1.29, 1.82) is 0 Å². The van der Waals surface area contributed by atoms with Gasteiger partial charge in [-0.05, 0) is 129 Å². The minimum Gasteiger partial charge on any atom is -0.256 e. The first kappa shape index (κ1) is 72.6. The zero-order valence-corrected chi connectivity index (χ0v) is 62.1. The van der Waals surface area contributed by atoms with Gasteiger partial charge in [0.25, 0.3) is 0 Å². The van der Waals surface area contributed by atoms with Gasteiger partial charge in [0.05, 0.1) is 27.8 Å². The van der Waals surface area contributed by atoms with Gasteiger partial charge < -0.3 is 0 Å². The molecule has 0 bridgehead atoms. The number of fused-ring (bicyclic) bond motifs is 7. The van der Waals surface area contributed by atoms with Crippen LogP contribution in [0.5, 0.6) is 0 Å². The molecule has 11 nitrogen and oxygen atoms in total. The fourth-order valence-electron chi connectivity index (χ4n) is 12.7. The van der Waals surface area contributed by atoms with Gasteiger partial charge in [-0.15, -0.1) is 0 Å². The molecular formula is C99H79N11. The number of aromatic nitrogens is 11. The van der Waals surface area contributed by atoms with Crippen LogP contribution in [-0.2, 0) is 0 Å². The van der Waals surface area contributed by atoms with E-state index in [1.165, 1.54) is 54.9 Å². The molecule has 110 heavy (non-hydrogen) atoms. The van der Waals surface area contributed by atoms with E-state index in [1.54, 1.807) is 0 Å². The van der Waals surface area contributed by atoms with Gasteiger partial charge in [0.2, 0.25) is 0 Å². The highest BCUT2D eigenvalue weighted by Crippen LogP contribution is 2.31. The summed E-state index contributed by atoms with van der Waals surface area (Å²) in [5.74, 6) is 4.14. The summed E-state index contributed by atoms with van der Waals surface area (Å²) in [5, 5.41) is 7.20. The van der Waals surface area contributed by atoms with Gasteiger partial charge in [0.15, 0.2) is 29.1 Å². The van der Waals surface area contributed by atoms with Crippen LogP contribution >= 0.6 is 0 Å². The molecule has 0 fully saturated rings. The molecule has 12 aromatic carbocycles. The van der Waals surface area contributed by atoms with Crippen molar-refractivity contribution in [3.05, 3.63) is 404 Å². The van der Waals surface area contributed by atoms with Crippen molar-refractivity contribution in [1.82, 2.24) is 54.8 Å². The fraction of sp³-hybridized carbons (Fsp3) is 0.0606. The van der Waals surface area contributed by atoms with Crippen molar-refractivity contribution in [2.24, 2.45) is 0 Å². The molecule has 0 atom stereocenters. The van der Waals surface area contributed by atoms with Crippen molar-refractivity contribution in [2.45, 2.75) is 41.5 Å². The summed E-state index contributed by atoms with van der Waals surface area (Å²) < 4.78 is 0. The van der Waals surface area contributed by atoms with Gasteiger partial charge in [-0.1, -0.05) is 308 Å². The Bertz CT molecular complexity index is 6160. The first-order valence-corrected chi connectivity index (χ1v) is 36.6. The Balaban J connectivity index is 0.000000114. The lowest BCUT2D eigenvalue weighted by molar-refractivity contribution is 0.992. The lowest BCUT2D eigenvalue weighted by Crippen LogP contribution is -2.00. The second kappa shape index (κ2) is 35.2. The molecule has 0 aliphatic rings. The largest absolute Gasteiger partial charge is 0.256 e. The number of pyridine rings is 5. The Kier molecular flexibility index (Phi) is 23.2. The Hall–Kier alpha value is -14.3. The minimum atomic E-state index is 0.670. The van der Waals surface area contributed by atoms with Gasteiger partial charge in [0, 0.05) is 90.3 Å². The molecule has 0 aliphatic carbocycles. The van der Waals surface area contributed by atoms with Gasteiger partial charge >= 0.3 is 0 Å². The SMILES string of the molecule is Cc1ccc(-c2ccccn2)cc1.Cc1ccc2ccc3ccccc3c2n1.Cc1ccc2ccc3cccnc3c2n1.Cc1cccc(-c2nc(-c3ccccc3)nc(-c3cccc(-c4ccccc4)c3)n2)c1.Cc1cccc2cccnc12.Cc1nc(-c2ccccc2)nc(-c2cccc(-c3ccccc3)c2)n1. The predicted molar refractivity (Wildman–Crippen MR) is 454 cm³/mol. The topological polar surface area (TPSA) is 142 Å². The number of hydrogen-bond acceptors (Lipinski definition) is 11. The van der Waals surface area contributed by atoms with Crippen molar-refractivity contribution >= 4 is 54.4 Å². The molecule has 19 rings (SSSR count). The summed E-state index contributed by atoms with van der Waals surface area (Å²) in [7, 11) is 0. The predicted octanol–water partition coefficient (Wildman–Crippen LogP) is 24.4. The van der Waals surface area contributed by atoms with Crippen molar-refractivity contribution < 1.29 is 0 Å². The average molecular weight is 1420 g/mol. The highest BCUT2D eigenvalue weighted by molar-refractivity contribution is 6.05. The lowest BCUT2D eigenvalue weighted by atomic mass is 10.0. The molecule has 19 aromatic rings. The van der Waals surface area contributed by atoms with Crippen molar-refractivity contribution in [3.63, 3.8) is 0 Å². The van der Waals surface area contributed by atoms with Crippen LogP contribution in [0.3, 0.4) is 0 Å². The van der Waals surface area contributed by atoms with Crippen LogP contribution in [0.15, 0.2) is 370 Å². The first-order chi connectivity index (χ1) is 54.0. The van der Waals surface area contributed by atoms with E-state index in [4.69, 9.17) is 15.0 Å². The van der Waals surface area contributed by atoms with Gasteiger partial charge in [-0.3, -0.25) is 24.9 Å². The van der Waals surface area contributed by atoms with Crippen LogP contribution in [0.4, 0.5) is 0 Å². The van der Waals surface area contributed by atoms with Crippen LogP contribution in [-0.4, -0.2) is 54.8 Å². The number of hydrogen-bond donors (Lipinski definition) is 0. The van der Waals surface area contributed by atoms with Crippen LogP contribution in [0.1, 0.15) is 33.9 Å². The van der Waals surface area contributed by atoms with Gasteiger partial charge in [0.1, 0.15) is 5.82 Å². The van der Waals surface area contributed by atoms with Crippen LogP contribution < -0.4 is 0 Å². The maximum Gasteiger partial charge on any atom is 0.164 e. The Morgan fingerprint density at radius 1 is 0.191 bits per heavy atom. The third-order valence-corrected chi connectivity index (χ3v) is 18.3. The summed E-state index contributed by atoms with van der Waals surface area (Å²) in [6.07, 6.45) is 5.45. The quantitative estimate of drug-likeness (QED) is 0.134. The summed E-state index contributed by atoms with van der Waals surface area (Å²) >= 11 is 0. The zero-order valence-electron chi connectivity index (χ0n) is 62.1. The summed E-state index contributed by atoms with van der Waals surface area (Å²) in [4.78, 5) is 50.3. The van der Waals surface area contributed by atoms with E-state index < -0.39 is 0 Å². The molecule has 11 heteroatoms. The van der Waals surface area contributed by atoms with E-state index in [1.807, 2.05) is 197 Å². The molecule has 0 unspecified atom stereocenters. The molecule has 0 N–H and O–H groups in total. The molecule has 0 radical (unpaired) electrons. The smallest absolute Gasteiger partial charge is 0.164 e. The number of para-hydroxylation sites is 1. The summed E-state index contributed by atoms with van der Waals surface area (Å²) in [6.45, 7) is 12.2. The third kappa shape index (κ3) is 18.5. The summed E-state index contributed by atoms with van der Waals surface area (Å²) in [6, 6.07) is 119. The van der Waals surface area contributed by atoms with E-state index in [0.29, 0.717) is 34.9 Å². The second-order valence-corrected chi connectivity index (χ2v) is 26.5.